The number of nitrogens with zero attached hydrogens (tertiary/aromatic N) is 5. The number of carbonyl (C=O) groups is 2. The molecule has 0 fully saturated rings. The van der Waals surface area contributed by atoms with Crippen molar-refractivity contribution in [2.75, 3.05) is 0 Å². The largest absolute Gasteiger partial charge is 0.476 e. The number of rotatable bonds is 4. The van der Waals surface area contributed by atoms with Crippen molar-refractivity contribution in [2.24, 2.45) is 12.8 Å². The zero-order chi connectivity index (χ0) is 14.2. The fraction of sp³-hybridized carbons (Fsp3) is 0.300. The molecule has 1 unspecified atom stereocenters. The van der Waals surface area contributed by atoms with E-state index >= 15 is 0 Å². The van der Waals surface area contributed by atoms with Crippen LogP contribution in [0.4, 0.5) is 0 Å². The van der Waals surface area contributed by atoms with Crippen molar-refractivity contribution in [3.8, 4) is 11.5 Å². The lowest BCUT2D eigenvalue weighted by atomic mass is 10.2. The van der Waals surface area contributed by atoms with E-state index in [-0.39, 0.29) is 11.4 Å². The number of hydrogen-bond acceptors (Lipinski definition) is 5. The summed E-state index contributed by atoms with van der Waals surface area (Å²) in [6.07, 6.45) is 3.15. The zero-order valence-corrected chi connectivity index (χ0v) is 10.3. The Hall–Kier alpha value is -2.71. The highest BCUT2D eigenvalue weighted by atomic mass is 16.4. The number of carboxylic acid groups (broad SMARTS) is 1. The lowest BCUT2D eigenvalue weighted by Crippen LogP contribution is -2.26. The molecule has 100 valence electrons. The monoisotopic (exact) mass is 264 g/mol. The molecule has 2 heterocycles. The van der Waals surface area contributed by atoms with Crippen LogP contribution in [0.15, 0.2) is 12.4 Å². The Balaban J connectivity index is 2.68. The quantitative estimate of drug-likeness (QED) is 0.760. The Kier molecular flexibility index (Phi) is 3.03. The molecule has 2 aromatic heterocycles. The van der Waals surface area contributed by atoms with Crippen LogP contribution < -0.4 is 5.73 Å². The molecule has 0 bridgehead atoms. The van der Waals surface area contributed by atoms with E-state index in [1.807, 2.05) is 0 Å². The van der Waals surface area contributed by atoms with E-state index in [0.717, 1.165) is 4.68 Å². The Morgan fingerprint density at radius 1 is 1.47 bits per heavy atom. The van der Waals surface area contributed by atoms with Crippen molar-refractivity contribution < 1.29 is 14.7 Å². The lowest BCUT2D eigenvalue weighted by Gasteiger charge is -2.11. The van der Waals surface area contributed by atoms with Gasteiger partial charge < -0.3 is 15.4 Å². The summed E-state index contributed by atoms with van der Waals surface area (Å²) in [5.74, 6) is -1.55. The Morgan fingerprint density at radius 3 is 2.63 bits per heavy atom. The number of aryl methyl sites for hydroxylation is 1. The summed E-state index contributed by atoms with van der Waals surface area (Å²) in [6.45, 7) is 1.51. The van der Waals surface area contributed by atoms with Crippen LogP contribution in [-0.4, -0.2) is 41.5 Å². The number of nitrogens with two attached hydrogens (primary N) is 1. The first-order chi connectivity index (χ1) is 8.93. The highest BCUT2D eigenvalue weighted by molar-refractivity contribution is 5.92. The molecule has 0 spiro atoms. The van der Waals surface area contributed by atoms with Crippen LogP contribution in [0.2, 0.25) is 0 Å². The number of carbonyl (C=O) groups excluding carboxylic acids is 1. The first kappa shape index (κ1) is 12.7. The number of carboxylic acids is 1. The van der Waals surface area contributed by atoms with E-state index < -0.39 is 17.9 Å². The van der Waals surface area contributed by atoms with Gasteiger partial charge in [0.2, 0.25) is 11.6 Å². The molecule has 1 atom stereocenters. The summed E-state index contributed by atoms with van der Waals surface area (Å²) < 4.78 is 2.77. The molecule has 9 heteroatoms. The average molecular weight is 264 g/mol. The van der Waals surface area contributed by atoms with Crippen LogP contribution in [0.25, 0.3) is 11.5 Å². The SMILES string of the molecule is CC(C(N)=O)n1nnc(C(=O)O)c1-c1nccn1C. The van der Waals surface area contributed by atoms with Crippen LogP contribution in [0.3, 0.4) is 0 Å². The van der Waals surface area contributed by atoms with E-state index in [0.29, 0.717) is 5.82 Å². The van der Waals surface area contributed by atoms with E-state index in [1.54, 1.807) is 17.8 Å². The summed E-state index contributed by atoms with van der Waals surface area (Å²) in [7, 11) is 1.69. The first-order valence-electron chi connectivity index (χ1n) is 5.39. The van der Waals surface area contributed by atoms with Crippen molar-refractivity contribution in [1.82, 2.24) is 24.5 Å². The first-order valence-corrected chi connectivity index (χ1v) is 5.39. The van der Waals surface area contributed by atoms with Gasteiger partial charge in [0.05, 0.1) is 0 Å². The molecular formula is C10H12N6O3. The molecule has 0 saturated carbocycles. The van der Waals surface area contributed by atoms with Crippen molar-refractivity contribution >= 4 is 11.9 Å². The van der Waals surface area contributed by atoms with E-state index in [4.69, 9.17) is 10.8 Å². The number of imidazole rings is 1. The summed E-state index contributed by atoms with van der Waals surface area (Å²) >= 11 is 0. The van der Waals surface area contributed by atoms with Gasteiger partial charge in [-0.25, -0.2) is 14.5 Å². The molecule has 19 heavy (non-hydrogen) atoms. The fourth-order valence-corrected chi connectivity index (χ4v) is 1.63. The number of aromatic nitrogens is 5. The second kappa shape index (κ2) is 4.52. The minimum absolute atomic E-state index is 0.145. The Morgan fingerprint density at radius 2 is 2.16 bits per heavy atom. The predicted octanol–water partition coefficient (Wildman–Crippen LogP) is -0.577. The third kappa shape index (κ3) is 2.05. The summed E-state index contributed by atoms with van der Waals surface area (Å²) in [4.78, 5) is 26.5. The molecule has 2 rings (SSSR count). The van der Waals surface area contributed by atoms with Crippen molar-refractivity contribution in [3.05, 3.63) is 18.1 Å². The summed E-state index contributed by atoms with van der Waals surface area (Å²) in [6, 6.07) is -0.827. The van der Waals surface area contributed by atoms with Gasteiger partial charge in [-0.2, -0.15) is 0 Å². The minimum atomic E-state index is -1.25. The fourth-order valence-electron chi connectivity index (χ4n) is 1.63. The topological polar surface area (TPSA) is 129 Å². The minimum Gasteiger partial charge on any atom is -0.476 e. The molecule has 0 aromatic carbocycles. The van der Waals surface area contributed by atoms with Gasteiger partial charge in [-0.3, -0.25) is 4.79 Å². The molecule has 1 amide bonds. The van der Waals surface area contributed by atoms with Crippen LogP contribution >= 0.6 is 0 Å². The van der Waals surface area contributed by atoms with Crippen LogP contribution in [0, 0.1) is 0 Å². The van der Waals surface area contributed by atoms with E-state index in [1.165, 1.54) is 13.1 Å². The molecule has 0 aliphatic heterocycles. The second-order valence-electron chi connectivity index (χ2n) is 3.98. The van der Waals surface area contributed by atoms with Gasteiger partial charge in [0.15, 0.2) is 5.82 Å². The van der Waals surface area contributed by atoms with Gasteiger partial charge >= 0.3 is 5.97 Å². The number of hydrogen-bond donors (Lipinski definition) is 2. The standard InChI is InChI=1S/C10H12N6O3/c1-5(8(11)17)16-7(6(10(18)19)13-14-16)9-12-3-4-15(9)2/h3-5H,1-2H3,(H2,11,17)(H,18,19). The molecule has 0 aliphatic rings. The maximum Gasteiger partial charge on any atom is 0.358 e. The maximum atomic E-state index is 11.2. The van der Waals surface area contributed by atoms with Crippen LogP contribution in [0.1, 0.15) is 23.5 Å². The number of primary amides is 1. The lowest BCUT2D eigenvalue weighted by molar-refractivity contribution is -0.120. The van der Waals surface area contributed by atoms with Crippen molar-refractivity contribution in [2.45, 2.75) is 13.0 Å². The molecule has 3 N–H and O–H groups in total. The third-order valence-electron chi connectivity index (χ3n) is 2.71. The molecule has 2 aromatic rings. The maximum absolute atomic E-state index is 11.2. The Labute approximate surface area is 107 Å². The summed E-state index contributed by atoms with van der Waals surface area (Å²) in [5, 5.41) is 16.4. The highest BCUT2D eigenvalue weighted by Gasteiger charge is 2.27. The van der Waals surface area contributed by atoms with Crippen molar-refractivity contribution in [3.63, 3.8) is 0 Å². The van der Waals surface area contributed by atoms with E-state index in [9.17, 15) is 9.59 Å². The second-order valence-corrected chi connectivity index (χ2v) is 3.98. The number of amides is 1. The normalized spacial score (nSPS) is 12.3. The van der Waals surface area contributed by atoms with Gasteiger partial charge in [0, 0.05) is 19.4 Å². The van der Waals surface area contributed by atoms with Gasteiger partial charge in [0.1, 0.15) is 11.7 Å². The van der Waals surface area contributed by atoms with Crippen LogP contribution in [-0.2, 0) is 11.8 Å². The van der Waals surface area contributed by atoms with Gasteiger partial charge in [-0.05, 0) is 6.92 Å². The predicted molar refractivity (Wildman–Crippen MR) is 63.1 cm³/mol. The molecular weight excluding hydrogens is 252 g/mol. The molecule has 0 aliphatic carbocycles. The zero-order valence-electron chi connectivity index (χ0n) is 10.3. The number of aromatic carboxylic acids is 1. The van der Waals surface area contributed by atoms with Gasteiger partial charge in [-0.1, -0.05) is 5.21 Å². The van der Waals surface area contributed by atoms with Crippen LogP contribution in [0.5, 0.6) is 0 Å². The average Bonchev–Trinajstić information content (AvgIpc) is 2.92. The van der Waals surface area contributed by atoms with Gasteiger partial charge in [0.25, 0.3) is 0 Å². The van der Waals surface area contributed by atoms with E-state index in [2.05, 4.69) is 15.3 Å². The highest BCUT2D eigenvalue weighted by Crippen LogP contribution is 2.23. The van der Waals surface area contributed by atoms with Crippen molar-refractivity contribution in [1.29, 1.82) is 0 Å². The summed E-state index contributed by atoms with van der Waals surface area (Å²) in [5.41, 5.74) is 5.08. The molecule has 0 saturated heterocycles. The third-order valence-corrected chi connectivity index (χ3v) is 2.71. The Bertz CT molecular complexity index is 643. The molecule has 9 nitrogen and oxygen atoms in total. The smallest absolute Gasteiger partial charge is 0.358 e. The molecule has 0 radical (unpaired) electrons. The van der Waals surface area contributed by atoms with Gasteiger partial charge in [-0.15, -0.1) is 5.10 Å².